The molecule has 0 amide bonds. The lowest BCUT2D eigenvalue weighted by Crippen LogP contribution is -2.30. The van der Waals surface area contributed by atoms with Gasteiger partial charge in [0.05, 0.1) is 6.04 Å². The first-order chi connectivity index (χ1) is 5.25. The molecule has 0 aliphatic carbocycles. The Balaban J connectivity index is 2.62. The van der Waals surface area contributed by atoms with Gasteiger partial charge in [0.25, 0.3) is 0 Å². The molecule has 0 aromatic carbocycles. The quantitative estimate of drug-likeness (QED) is 0.703. The lowest BCUT2D eigenvalue weighted by atomic mass is 10.2. The highest BCUT2D eigenvalue weighted by molar-refractivity contribution is 4.83. The topological polar surface area (TPSA) is 29.9 Å². The Labute approximate surface area is 67.4 Å². The van der Waals surface area contributed by atoms with Gasteiger partial charge < -0.3 is 5.32 Å². The molecule has 0 aliphatic heterocycles. The van der Waals surface area contributed by atoms with Gasteiger partial charge in [0, 0.05) is 18.4 Å². The Kier molecular flexibility index (Phi) is 2.65. The molecule has 2 atom stereocenters. The van der Waals surface area contributed by atoms with Crippen LogP contribution in [0.15, 0.2) is 18.5 Å². The molecule has 1 aromatic heterocycles. The Morgan fingerprint density at radius 3 is 2.64 bits per heavy atom. The van der Waals surface area contributed by atoms with Crippen LogP contribution in [0.1, 0.15) is 19.9 Å². The minimum atomic E-state index is 0.412. The smallest absolute Gasteiger partial charge is 0.0641 e. The molecule has 0 fully saturated rings. The van der Waals surface area contributed by atoms with E-state index in [0.29, 0.717) is 12.1 Å². The molecule has 11 heavy (non-hydrogen) atoms. The van der Waals surface area contributed by atoms with Crippen LogP contribution in [-0.2, 0) is 0 Å². The molecule has 0 saturated heterocycles. The van der Waals surface area contributed by atoms with Crippen LogP contribution in [0.25, 0.3) is 0 Å². The summed E-state index contributed by atoms with van der Waals surface area (Å²) in [6, 6.07) is 2.81. The van der Waals surface area contributed by atoms with Crippen LogP contribution in [0.4, 0.5) is 0 Å². The SMILES string of the molecule is CNC(C)C(C)n1cccn1. The average molecular weight is 153 g/mol. The van der Waals surface area contributed by atoms with E-state index in [2.05, 4.69) is 24.3 Å². The van der Waals surface area contributed by atoms with Gasteiger partial charge in [-0.25, -0.2) is 0 Å². The Morgan fingerprint density at radius 2 is 2.18 bits per heavy atom. The van der Waals surface area contributed by atoms with E-state index in [1.807, 2.05) is 24.0 Å². The molecule has 0 saturated carbocycles. The van der Waals surface area contributed by atoms with Crippen molar-refractivity contribution in [1.82, 2.24) is 15.1 Å². The fourth-order valence-corrected chi connectivity index (χ4v) is 0.992. The number of hydrogen-bond acceptors (Lipinski definition) is 2. The van der Waals surface area contributed by atoms with Crippen LogP contribution in [-0.4, -0.2) is 22.9 Å². The van der Waals surface area contributed by atoms with E-state index in [0.717, 1.165) is 0 Å². The van der Waals surface area contributed by atoms with Crippen LogP contribution < -0.4 is 5.32 Å². The second-order valence-electron chi connectivity index (χ2n) is 2.80. The minimum absolute atomic E-state index is 0.412. The summed E-state index contributed by atoms with van der Waals surface area (Å²) in [4.78, 5) is 0. The third-order valence-corrected chi connectivity index (χ3v) is 2.12. The van der Waals surface area contributed by atoms with E-state index in [4.69, 9.17) is 0 Å². The fourth-order valence-electron chi connectivity index (χ4n) is 0.992. The van der Waals surface area contributed by atoms with Crippen molar-refractivity contribution in [3.05, 3.63) is 18.5 Å². The zero-order chi connectivity index (χ0) is 8.27. The van der Waals surface area contributed by atoms with Gasteiger partial charge in [0.1, 0.15) is 0 Å². The van der Waals surface area contributed by atoms with Gasteiger partial charge in [-0.15, -0.1) is 0 Å². The molecule has 3 nitrogen and oxygen atoms in total. The Bertz CT molecular complexity index is 193. The first kappa shape index (κ1) is 8.27. The average Bonchev–Trinajstić information content (AvgIpc) is 2.53. The standard InChI is InChI=1S/C8H15N3/c1-7(9-3)8(2)11-6-4-5-10-11/h4-9H,1-3H3. The summed E-state index contributed by atoms with van der Waals surface area (Å²) in [5, 5.41) is 7.35. The van der Waals surface area contributed by atoms with Crippen molar-refractivity contribution >= 4 is 0 Å². The van der Waals surface area contributed by atoms with E-state index in [9.17, 15) is 0 Å². The first-order valence-electron chi connectivity index (χ1n) is 3.92. The third kappa shape index (κ3) is 1.80. The van der Waals surface area contributed by atoms with Gasteiger partial charge in [0.15, 0.2) is 0 Å². The lowest BCUT2D eigenvalue weighted by Gasteiger charge is -2.19. The van der Waals surface area contributed by atoms with Crippen LogP contribution in [0.3, 0.4) is 0 Å². The molecule has 1 rings (SSSR count). The highest BCUT2D eigenvalue weighted by Gasteiger charge is 2.10. The molecule has 1 heterocycles. The van der Waals surface area contributed by atoms with E-state index >= 15 is 0 Å². The Morgan fingerprint density at radius 1 is 1.45 bits per heavy atom. The maximum atomic E-state index is 4.16. The molecule has 3 heteroatoms. The van der Waals surface area contributed by atoms with E-state index in [-0.39, 0.29) is 0 Å². The molecule has 0 bridgehead atoms. The molecule has 1 N–H and O–H groups in total. The largest absolute Gasteiger partial charge is 0.315 e. The second kappa shape index (κ2) is 3.53. The molecule has 0 radical (unpaired) electrons. The molecule has 0 aliphatic rings. The van der Waals surface area contributed by atoms with Crippen molar-refractivity contribution in [2.45, 2.75) is 25.9 Å². The molecule has 62 valence electrons. The third-order valence-electron chi connectivity index (χ3n) is 2.12. The normalized spacial score (nSPS) is 16.3. The number of nitrogens with zero attached hydrogens (tertiary/aromatic N) is 2. The van der Waals surface area contributed by atoms with Crippen molar-refractivity contribution in [3.63, 3.8) is 0 Å². The maximum absolute atomic E-state index is 4.16. The number of rotatable bonds is 3. The first-order valence-corrected chi connectivity index (χ1v) is 3.92. The van der Waals surface area contributed by atoms with Gasteiger partial charge in [0.2, 0.25) is 0 Å². The fraction of sp³-hybridized carbons (Fsp3) is 0.625. The van der Waals surface area contributed by atoms with Crippen molar-refractivity contribution < 1.29 is 0 Å². The summed E-state index contributed by atoms with van der Waals surface area (Å²) in [7, 11) is 1.96. The van der Waals surface area contributed by atoms with Gasteiger partial charge in [-0.1, -0.05) is 0 Å². The summed E-state index contributed by atoms with van der Waals surface area (Å²) in [6.07, 6.45) is 3.79. The van der Waals surface area contributed by atoms with Crippen LogP contribution in [0.5, 0.6) is 0 Å². The zero-order valence-electron chi connectivity index (χ0n) is 7.28. The molecule has 1 aromatic rings. The summed E-state index contributed by atoms with van der Waals surface area (Å²) in [6.45, 7) is 4.29. The van der Waals surface area contributed by atoms with E-state index in [1.165, 1.54) is 0 Å². The van der Waals surface area contributed by atoms with Gasteiger partial charge in [-0.2, -0.15) is 5.10 Å². The van der Waals surface area contributed by atoms with Gasteiger partial charge in [-0.3, -0.25) is 4.68 Å². The number of likely N-dealkylation sites (N-methyl/N-ethyl adjacent to an activating group) is 1. The van der Waals surface area contributed by atoms with Crippen molar-refractivity contribution in [2.24, 2.45) is 0 Å². The summed E-state index contributed by atoms with van der Waals surface area (Å²) < 4.78 is 1.96. The monoisotopic (exact) mass is 153 g/mol. The van der Waals surface area contributed by atoms with Crippen molar-refractivity contribution in [1.29, 1.82) is 0 Å². The van der Waals surface area contributed by atoms with Crippen molar-refractivity contribution in [2.75, 3.05) is 7.05 Å². The number of hydrogen-bond donors (Lipinski definition) is 1. The van der Waals surface area contributed by atoms with E-state index < -0.39 is 0 Å². The van der Waals surface area contributed by atoms with Gasteiger partial charge in [-0.05, 0) is 27.0 Å². The number of aromatic nitrogens is 2. The van der Waals surface area contributed by atoms with Crippen LogP contribution in [0, 0.1) is 0 Å². The molecular formula is C8H15N3. The summed E-state index contributed by atoms with van der Waals surface area (Å²) >= 11 is 0. The highest BCUT2D eigenvalue weighted by Crippen LogP contribution is 2.07. The Hall–Kier alpha value is -0.830. The van der Waals surface area contributed by atoms with Crippen LogP contribution >= 0.6 is 0 Å². The summed E-state index contributed by atoms with van der Waals surface area (Å²) in [5.41, 5.74) is 0. The lowest BCUT2D eigenvalue weighted by molar-refractivity contribution is 0.384. The molecule has 2 unspecified atom stereocenters. The molecule has 0 spiro atoms. The van der Waals surface area contributed by atoms with Crippen LogP contribution in [0.2, 0.25) is 0 Å². The highest BCUT2D eigenvalue weighted by atomic mass is 15.3. The second-order valence-corrected chi connectivity index (χ2v) is 2.80. The van der Waals surface area contributed by atoms with E-state index in [1.54, 1.807) is 6.20 Å². The molecular weight excluding hydrogens is 138 g/mol. The zero-order valence-corrected chi connectivity index (χ0v) is 7.28. The van der Waals surface area contributed by atoms with Crippen molar-refractivity contribution in [3.8, 4) is 0 Å². The predicted octanol–water partition coefficient (Wildman–Crippen LogP) is 1.05. The summed E-state index contributed by atoms with van der Waals surface area (Å²) in [5.74, 6) is 0. The maximum Gasteiger partial charge on any atom is 0.0641 e. The predicted molar refractivity (Wildman–Crippen MR) is 45.5 cm³/mol. The minimum Gasteiger partial charge on any atom is -0.315 e. The number of nitrogens with one attached hydrogen (secondary N) is 1. The van der Waals surface area contributed by atoms with Gasteiger partial charge >= 0.3 is 0 Å².